The molecule has 0 radical (unpaired) electrons. The summed E-state index contributed by atoms with van der Waals surface area (Å²) in [4.78, 5) is 51.1. The standard InChI is InChI=1S/C31H30N4O3S/c1-20(27-11-6-16-39-27)33(2)29(36)22-12-14-34(15-13-22)26-10-5-8-24-28(26)31(38)35(30(24)37)19-21-17-23-7-3-4-9-25(23)32-18-21/h3-11,16-18,20,22H,12-15,19H2,1-2H3. The first-order valence-electron chi connectivity index (χ1n) is 13.3. The Morgan fingerprint density at radius 2 is 1.85 bits per heavy atom. The number of carbonyl (C=O) groups excluding carboxylic acids is 3. The number of nitrogens with zero attached hydrogens (tertiary/aromatic N) is 4. The Morgan fingerprint density at radius 3 is 2.62 bits per heavy atom. The Morgan fingerprint density at radius 1 is 1.05 bits per heavy atom. The molecule has 0 saturated carbocycles. The molecule has 39 heavy (non-hydrogen) atoms. The number of benzene rings is 2. The summed E-state index contributed by atoms with van der Waals surface area (Å²) in [7, 11) is 1.88. The highest BCUT2D eigenvalue weighted by molar-refractivity contribution is 7.10. The first-order valence-corrected chi connectivity index (χ1v) is 14.2. The van der Waals surface area contributed by atoms with Crippen molar-refractivity contribution in [2.75, 3.05) is 25.0 Å². The zero-order chi connectivity index (χ0) is 27.1. The minimum atomic E-state index is -0.278. The second-order valence-electron chi connectivity index (χ2n) is 10.3. The highest BCUT2D eigenvalue weighted by Crippen LogP contribution is 2.35. The summed E-state index contributed by atoms with van der Waals surface area (Å²) in [5.74, 6) is -0.448. The third-order valence-corrected chi connectivity index (χ3v) is 9.08. The molecule has 8 heteroatoms. The fourth-order valence-electron chi connectivity index (χ4n) is 5.67. The van der Waals surface area contributed by atoms with E-state index in [1.807, 2.05) is 65.9 Å². The number of imide groups is 1. The van der Waals surface area contributed by atoms with Gasteiger partial charge in [-0.15, -0.1) is 11.3 Å². The lowest BCUT2D eigenvalue weighted by atomic mass is 9.93. The molecule has 1 unspecified atom stereocenters. The fraction of sp³-hybridized carbons (Fsp3) is 0.290. The second-order valence-corrected chi connectivity index (χ2v) is 11.3. The highest BCUT2D eigenvalue weighted by Gasteiger charge is 2.39. The molecule has 2 aromatic heterocycles. The van der Waals surface area contributed by atoms with Crippen LogP contribution in [0.3, 0.4) is 0 Å². The van der Waals surface area contributed by atoms with E-state index in [2.05, 4.69) is 22.9 Å². The summed E-state index contributed by atoms with van der Waals surface area (Å²) in [5, 5.41) is 3.01. The van der Waals surface area contributed by atoms with E-state index in [0.29, 0.717) is 37.1 Å². The van der Waals surface area contributed by atoms with Gasteiger partial charge in [0.05, 0.1) is 34.9 Å². The van der Waals surface area contributed by atoms with Crippen molar-refractivity contribution in [3.05, 3.63) is 93.8 Å². The maximum Gasteiger partial charge on any atom is 0.263 e. The van der Waals surface area contributed by atoms with Gasteiger partial charge >= 0.3 is 0 Å². The zero-order valence-electron chi connectivity index (χ0n) is 22.0. The summed E-state index contributed by atoms with van der Waals surface area (Å²) in [6.45, 7) is 3.55. The number of fused-ring (bicyclic) bond motifs is 2. The predicted molar refractivity (Wildman–Crippen MR) is 153 cm³/mol. The molecule has 6 rings (SSSR count). The number of rotatable bonds is 6. The van der Waals surface area contributed by atoms with Crippen molar-refractivity contribution in [3.63, 3.8) is 0 Å². The first kappa shape index (κ1) is 25.2. The van der Waals surface area contributed by atoms with Gasteiger partial charge in [-0.2, -0.15) is 0 Å². The van der Waals surface area contributed by atoms with E-state index in [0.717, 1.165) is 22.2 Å². The largest absolute Gasteiger partial charge is 0.371 e. The summed E-state index contributed by atoms with van der Waals surface area (Å²) < 4.78 is 0. The van der Waals surface area contributed by atoms with E-state index in [1.165, 1.54) is 9.78 Å². The van der Waals surface area contributed by atoms with Gasteiger partial charge in [-0.3, -0.25) is 24.3 Å². The number of piperidine rings is 1. The van der Waals surface area contributed by atoms with Crippen molar-refractivity contribution in [1.82, 2.24) is 14.8 Å². The van der Waals surface area contributed by atoms with Crippen LogP contribution in [0.5, 0.6) is 0 Å². The molecule has 2 aliphatic rings. The summed E-state index contributed by atoms with van der Waals surface area (Å²) in [5.41, 5.74) is 3.36. The van der Waals surface area contributed by atoms with E-state index in [9.17, 15) is 14.4 Å². The number of thiophene rings is 1. The van der Waals surface area contributed by atoms with E-state index in [1.54, 1.807) is 23.6 Å². The van der Waals surface area contributed by atoms with Crippen molar-refractivity contribution >= 4 is 45.6 Å². The number of hydrogen-bond acceptors (Lipinski definition) is 6. The highest BCUT2D eigenvalue weighted by atomic mass is 32.1. The average molecular weight is 539 g/mol. The van der Waals surface area contributed by atoms with Crippen LogP contribution in [0.4, 0.5) is 5.69 Å². The van der Waals surface area contributed by atoms with Gasteiger partial charge in [0.1, 0.15) is 0 Å². The molecular weight excluding hydrogens is 508 g/mol. The number of pyridine rings is 1. The Balaban J connectivity index is 1.16. The Hall–Kier alpha value is -4.04. The van der Waals surface area contributed by atoms with E-state index in [4.69, 9.17) is 0 Å². The smallest absolute Gasteiger partial charge is 0.263 e. The lowest BCUT2D eigenvalue weighted by Gasteiger charge is -2.36. The predicted octanol–water partition coefficient (Wildman–Crippen LogP) is 5.53. The topological polar surface area (TPSA) is 73.8 Å². The quantitative estimate of drug-likeness (QED) is 0.302. The molecule has 3 amide bonds. The van der Waals surface area contributed by atoms with Crippen LogP contribution >= 0.6 is 11.3 Å². The van der Waals surface area contributed by atoms with Crippen LogP contribution < -0.4 is 4.90 Å². The number of hydrogen-bond donors (Lipinski definition) is 0. The minimum absolute atomic E-state index is 0.0420. The van der Waals surface area contributed by atoms with Gasteiger partial charge in [0.2, 0.25) is 5.91 Å². The Kier molecular flexibility index (Phi) is 6.64. The van der Waals surface area contributed by atoms with E-state index >= 15 is 0 Å². The maximum absolute atomic E-state index is 13.6. The number of amides is 3. The first-order chi connectivity index (χ1) is 18.9. The summed E-state index contributed by atoms with van der Waals surface area (Å²) >= 11 is 1.66. The molecule has 2 aliphatic heterocycles. The molecule has 4 aromatic rings. The molecule has 0 spiro atoms. The van der Waals surface area contributed by atoms with Crippen LogP contribution in [-0.4, -0.2) is 52.6 Å². The molecular formula is C31H30N4O3S. The SMILES string of the molecule is CC(c1cccs1)N(C)C(=O)C1CCN(c2cccc3c2C(=O)N(Cc2cnc4ccccc4c2)C3=O)CC1. The van der Waals surface area contributed by atoms with Crippen LogP contribution in [0.25, 0.3) is 10.9 Å². The average Bonchev–Trinajstić information content (AvgIpc) is 3.60. The van der Waals surface area contributed by atoms with Crippen LogP contribution in [0.15, 0.2) is 72.2 Å². The number of aromatic nitrogens is 1. The Labute approximate surface area is 231 Å². The molecule has 1 saturated heterocycles. The number of carbonyl (C=O) groups is 3. The monoisotopic (exact) mass is 538 g/mol. The maximum atomic E-state index is 13.6. The third kappa shape index (κ3) is 4.59. The van der Waals surface area contributed by atoms with Crippen molar-refractivity contribution in [2.24, 2.45) is 5.92 Å². The van der Waals surface area contributed by atoms with Gasteiger partial charge < -0.3 is 9.80 Å². The number of para-hydroxylation sites is 1. The van der Waals surface area contributed by atoms with Crippen LogP contribution in [0.1, 0.15) is 57.0 Å². The van der Waals surface area contributed by atoms with Gasteiger partial charge in [-0.05, 0) is 61.0 Å². The third-order valence-electron chi connectivity index (χ3n) is 8.03. The van der Waals surface area contributed by atoms with Crippen LogP contribution in [-0.2, 0) is 11.3 Å². The molecule has 198 valence electrons. The minimum Gasteiger partial charge on any atom is -0.371 e. The molecule has 4 heterocycles. The molecule has 0 N–H and O–H groups in total. The van der Waals surface area contributed by atoms with E-state index in [-0.39, 0.29) is 36.2 Å². The molecule has 1 atom stereocenters. The number of anilines is 1. The van der Waals surface area contributed by atoms with Gasteiger partial charge in [0.25, 0.3) is 11.8 Å². The van der Waals surface area contributed by atoms with Gasteiger partial charge in [-0.25, -0.2) is 0 Å². The van der Waals surface area contributed by atoms with E-state index < -0.39 is 0 Å². The van der Waals surface area contributed by atoms with Gasteiger partial charge in [-0.1, -0.05) is 30.3 Å². The van der Waals surface area contributed by atoms with Crippen molar-refractivity contribution in [1.29, 1.82) is 0 Å². The Bertz CT molecular complexity index is 1560. The molecule has 1 fully saturated rings. The van der Waals surface area contributed by atoms with Crippen LogP contribution in [0, 0.1) is 5.92 Å². The van der Waals surface area contributed by atoms with Gasteiger partial charge in [0.15, 0.2) is 0 Å². The molecule has 0 aliphatic carbocycles. The molecule has 2 aromatic carbocycles. The molecule has 0 bridgehead atoms. The van der Waals surface area contributed by atoms with Crippen molar-refractivity contribution in [2.45, 2.75) is 32.4 Å². The van der Waals surface area contributed by atoms with Crippen molar-refractivity contribution in [3.8, 4) is 0 Å². The molecule has 7 nitrogen and oxygen atoms in total. The normalized spacial score (nSPS) is 16.6. The van der Waals surface area contributed by atoms with Crippen LogP contribution in [0.2, 0.25) is 0 Å². The fourth-order valence-corrected chi connectivity index (χ4v) is 6.50. The lowest BCUT2D eigenvalue weighted by Crippen LogP contribution is -2.42. The zero-order valence-corrected chi connectivity index (χ0v) is 22.9. The van der Waals surface area contributed by atoms with Crippen molar-refractivity contribution < 1.29 is 14.4 Å². The van der Waals surface area contributed by atoms with Gasteiger partial charge in [0, 0.05) is 42.5 Å². The summed E-state index contributed by atoms with van der Waals surface area (Å²) in [6, 6.07) is 19.4. The lowest BCUT2D eigenvalue weighted by molar-refractivity contribution is -0.136. The second kappa shape index (κ2) is 10.3. The summed E-state index contributed by atoms with van der Waals surface area (Å²) in [6.07, 6.45) is 3.14.